The van der Waals surface area contributed by atoms with E-state index in [1.807, 2.05) is 32.0 Å². The molecule has 134 valence electrons. The molecule has 1 aromatic heterocycles. The van der Waals surface area contributed by atoms with Gasteiger partial charge in [-0.05, 0) is 37.8 Å². The second kappa shape index (κ2) is 7.78. The van der Waals surface area contributed by atoms with Gasteiger partial charge in [0.2, 0.25) is 5.91 Å². The van der Waals surface area contributed by atoms with E-state index in [0.717, 1.165) is 54.3 Å². The van der Waals surface area contributed by atoms with Gasteiger partial charge in [0.1, 0.15) is 5.82 Å². The highest BCUT2D eigenvalue weighted by Gasteiger charge is 2.18. The van der Waals surface area contributed by atoms with Gasteiger partial charge in [-0.1, -0.05) is 31.9 Å². The number of amides is 1. The molecule has 0 radical (unpaired) electrons. The maximum atomic E-state index is 12.3. The summed E-state index contributed by atoms with van der Waals surface area (Å²) in [7, 11) is 0. The van der Waals surface area contributed by atoms with Crippen molar-refractivity contribution >= 4 is 11.6 Å². The van der Waals surface area contributed by atoms with Gasteiger partial charge >= 0.3 is 0 Å². The van der Waals surface area contributed by atoms with Crippen LogP contribution in [-0.2, 0) is 17.8 Å². The fraction of sp³-hybridized carbons (Fsp3) is 0.526. The van der Waals surface area contributed by atoms with Crippen molar-refractivity contribution in [3.05, 3.63) is 29.6 Å². The minimum absolute atomic E-state index is 0.137. The molecule has 6 heteroatoms. The van der Waals surface area contributed by atoms with E-state index in [0.29, 0.717) is 6.42 Å². The Morgan fingerprint density at radius 2 is 2.16 bits per heavy atom. The normalized spacial score (nSPS) is 15.3. The first-order chi connectivity index (χ1) is 12.1. The number of nitrogens with zero attached hydrogens (tertiary/aromatic N) is 3. The van der Waals surface area contributed by atoms with Crippen LogP contribution in [0.5, 0.6) is 0 Å². The Balaban J connectivity index is 1.87. The van der Waals surface area contributed by atoms with Gasteiger partial charge in [-0.15, -0.1) is 10.2 Å². The number of fused-ring (bicyclic) bond motifs is 1. The number of nitrogens with two attached hydrogens (primary N) is 1. The van der Waals surface area contributed by atoms with Crippen LogP contribution in [0.15, 0.2) is 18.2 Å². The summed E-state index contributed by atoms with van der Waals surface area (Å²) in [4.78, 5) is 12.3. The van der Waals surface area contributed by atoms with Crippen LogP contribution in [0.4, 0.5) is 5.69 Å². The van der Waals surface area contributed by atoms with E-state index in [-0.39, 0.29) is 5.91 Å². The molecule has 0 aliphatic carbocycles. The standard InChI is InChI=1S/C19H27N5O/c1-3-7-15(20)19(25)21-16-12-14(10-9-13(16)2)18-23-22-17-8-5-4-6-11-24(17)18/h9-10,12,15H,3-8,11,20H2,1-2H3,(H,21,25). The molecule has 0 fully saturated rings. The first kappa shape index (κ1) is 17.6. The second-order valence-corrected chi connectivity index (χ2v) is 6.82. The zero-order valence-electron chi connectivity index (χ0n) is 15.1. The quantitative estimate of drug-likeness (QED) is 0.875. The van der Waals surface area contributed by atoms with Crippen LogP contribution in [0.3, 0.4) is 0 Å². The fourth-order valence-corrected chi connectivity index (χ4v) is 3.26. The Morgan fingerprint density at radius 3 is 2.96 bits per heavy atom. The summed E-state index contributed by atoms with van der Waals surface area (Å²) in [5, 5.41) is 11.7. The van der Waals surface area contributed by atoms with E-state index in [1.165, 1.54) is 12.8 Å². The molecule has 1 aliphatic heterocycles. The van der Waals surface area contributed by atoms with Crippen molar-refractivity contribution < 1.29 is 4.79 Å². The van der Waals surface area contributed by atoms with Gasteiger partial charge in [-0.2, -0.15) is 0 Å². The molecule has 0 bridgehead atoms. The fourth-order valence-electron chi connectivity index (χ4n) is 3.26. The van der Waals surface area contributed by atoms with E-state index < -0.39 is 6.04 Å². The lowest BCUT2D eigenvalue weighted by molar-refractivity contribution is -0.117. The lowest BCUT2D eigenvalue weighted by Gasteiger charge is -2.14. The lowest BCUT2D eigenvalue weighted by Crippen LogP contribution is -2.35. The van der Waals surface area contributed by atoms with Gasteiger partial charge in [0.15, 0.2) is 5.82 Å². The monoisotopic (exact) mass is 341 g/mol. The van der Waals surface area contributed by atoms with Crippen LogP contribution in [0.25, 0.3) is 11.4 Å². The van der Waals surface area contributed by atoms with Crippen LogP contribution >= 0.6 is 0 Å². The smallest absolute Gasteiger partial charge is 0.241 e. The third kappa shape index (κ3) is 3.90. The summed E-state index contributed by atoms with van der Waals surface area (Å²) in [5.41, 5.74) is 8.71. The summed E-state index contributed by atoms with van der Waals surface area (Å²) in [6.07, 6.45) is 6.10. The molecule has 2 aromatic rings. The number of nitrogens with one attached hydrogen (secondary N) is 1. The highest BCUT2D eigenvalue weighted by atomic mass is 16.2. The van der Waals surface area contributed by atoms with Crippen LogP contribution < -0.4 is 11.1 Å². The number of aromatic nitrogens is 3. The number of benzene rings is 1. The average molecular weight is 341 g/mol. The highest BCUT2D eigenvalue weighted by Crippen LogP contribution is 2.27. The van der Waals surface area contributed by atoms with Gasteiger partial charge in [0.05, 0.1) is 6.04 Å². The number of aryl methyl sites for hydroxylation is 2. The zero-order chi connectivity index (χ0) is 17.8. The molecule has 1 aromatic carbocycles. The van der Waals surface area contributed by atoms with Crippen molar-refractivity contribution in [3.63, 3.8) is 0 Å². The van der Waals surface area contributed by atoms with Gasteiger partial charge < -0.3 is 15.6 Å². The van der Waals surface area contributed by atoms with Crippen molar-refractivity contribution in [2.45, 2.75) is 65.0 Å². The second-order valence-electron chi connectivity index (χ2n) is 6.82. The number of rotatable bonds is 5. The summed E-state index contributed by atoms with van der Waals surface area (Å²) >= 11 is 0. The van der Waals surface area contributed by atoms with Crippen molar-refractivity contribution in [1.29, 1.82) is 0 Å². The first-order valence-electron chi connectivity index (χ1n) is 9.19. The Kier molecular flexibility index (Phi) is 5.48. The van der Waals surface area contributed by atoms with Crippen LogP contribution in [-0.4, -0.2) is 26.7 Å². The lowest BCUT2D eigenvalue weighted by atomic mass is 10.1. The predicted molar refractivity (Wildman–Crippen MR) is 99.3 cm³/mol. The molecule has 0 saturated heterocycles. The number of carbonyl (C=O) groups is 1. The topological polar surface area (TPSA) is 85.8 Å². The van der Waals surface area contributed by atoms with Gasteiger partial charge in [-0.25, -0.2) is 0 Å². The Bertz CT molecular complexity index is 752. The number of carbonyl (C=O) groups excluding carboxylic acids is 1. The van der Waals surface area contributed by atoms with E-state index in [4.69, 9.17) is 5.73 Å². The molecule has 3 N–H and O–H groups in total. The largest absolute Gasteiger partial charge is 0.324 e. The summed E-state index contributed by atoms with van der Waals surface area (Å²) in [6.45, 7) is 4.96. The summed E-state index contributed by atoms with van der Waals surface area (Å²) in [5.74, 6) is 1.80. The third-order valence-electron chi connectivity index (χ3n) is 4.80. The SMILES string of the molecule is CCCC(N)C(=O)Nc1cc(-c2nnc3n2CCCCC3)ccc1C. The van der Waals surface area contributed by atoms with Gasteiger partial charge in [0.25, 0.3) is 0 Å². The van der Waals surface area contributed by atoms with Crippen LogP contribution in [0, 0.1) is 6.92 Å². The maximum Gasteiger partial charge on any atom is 0.241 e. The summed E-state index contributed by atoms with van der Waals surface area (Å²) in [6, 6.07) is 5.56. The van der Waals surface area contributed by atoms with Crippen molar-refractivity contribution in [3.8, 4) is 11.4 Å². The Hall–Kier alpha value is -2.21. The van der Waals surface area contributed by atoms with E-state index in [9.17, 15) is 4.79 Å². The van der Waals surface area contributed by atoms with Crippen molar-refractivity contribution in [1.82, 2.24) is 14.8 Å². The van der Waals surface area contributed by atoms with Crippen molar-refractivity contribution in [2.75, 3.05) is 5.32 Å². The molecule has 25 heavy (non-hydrogen) atoms. The molecular weight excluding hydrogens is 314 g/mol. The van der Waals surface area contributed by atoms with Gasteiger partial charge in [0, 0.05) is 24.2 Å². The van der Waals surface area contributed by atoms with E-state index in [2.05, 4.69) is 20.1 Å². The van der Waals surface area contributed by atoms with Crippen molar-refractivity contribution in [2.24, 2.45) is 5.73 Å². The zero-order valence-corrected chi connectivity index (χ0v) is 15.1. The number of hydrogen-bond donors (Lipinski definition) is 2. The summed E-state index contributed by atoms with van der Waals surface area (Å²) < 4.78 is 2.21. The van der Waals surface area contributed by atoms with E-state index in [1.54, 1.807) is 0 Å². The molecule has 1 aliphatic rings. The molecule has 0 saturated carbocycles. The first-order valence-corrected chi connectivity index (χ1v) is 9.19. The number of hydrogen-bond acceptors (Lipinski definition) is 4. The third-order valence-corrected chi connectivity index (χ3v) is 4.80. The maximum absolute atomic E-state index is 12.3. The number of anilines is 1. The molecule has 2 heterocycles. The minimum Gasteiger partial charge on any atom is -0.324 e. The molecular formula is C19H27N5O. The molecule has 1 unspecified atom stereocenters. The Morgan fingerprint density at radius 1 is 1.32 bits per heavy atom. The van der Waals surface area contributed by atoms with E-state index >= 15 is 0 Å². The molecule has 1 amide bonds. The highest BCUT2D eigenvalue weighted by molar-refractivity contribution is 5.95. The molecule has 3 rings (SSSR count). The minimum atomic E-state index is -0.475. The average Bonchev–Trinajstić information content (AvgIpc) is 2.85. The molecule has 1 atom stereocenters. The molecule has 0 spiro atoms. The van der Waals surface area contributed by atoms with Gasteiger partial charge in [-0.3, -0.25) is 4.79 Å². The van der Waals surface area contributed by atoms with Crippen LogP contribution in [0.1, 0.15) is 50.4 Å². The Labute approximate surface area is 148 Å². The molecule has 6 nitrogen and oxygen atoms in total. The predicted octanol–water partition coefficient (Wildman–Crippen LogP) is 3.05. The van der Waals surface area contributed by atoms with Crippen LogP contribution in [0.2, 0.25) is 0 Å².